The van der Waals surface area contributed by atoms with Gasteiger partial charge in [-0.1, -0.05) is 30.3 Å². The van der Waals surface area contributed by atoms with Crippen LogP contribution < -0.4 is 10.2 Å². The molecule has 2 aliphatic rings. The number of likely N-dealkylation sites (N-methyl/N-ethyl adjacent to an activating group) is 1. The average Bonchev–Trinajstić information content (AvgIpc) is 3.09. The number of anilines is 1. The molecule has 2 aromatic rings. The number of carbonyl (C=O) groups is 1. The molecule has 6 heteroatoms. The van der Waals surface area contributed by atoms with E-state index in [9.17, 15) is 9.90 Å². The number of benzene rings is 1. The lowest BCUT2D eigenvalue weighted by molar-refractivity contribution is 0.0698. The summed E-state index contributed by atoms with van der Waals surface area (Å²) in [6.45, 7) is 5.52. The number of hydrogen-bond donors (Lipinski definition) is 2. The van der Waals surface area contributed by atoms with Crippen molar-refractivity contribution in [3.05, 3.63) is 42.0 Å². The van der Waals surface area contributed by atoms with Crippen LogP contribution in [-0.2, 0) is 0 Å². The Labute approximate surface area is 153 Å². The van der Waals surface area contributed by atoms with Gasteiger partial charge in [-0.15, -0.1) is 0 Å². The van der Waals surface area contributed by atoms with Crippen LogP contribution in [0.4, 0.5) is 5.82 Å². The maximum absolute atomic E-state index is 12.2. The summed E-state index contributed by atoms with van der Waals surface area (Å²) in [5.74, 6) is 0.212. The Morgan fingerprint density at radius 2 is 2.00 bits per heavy atom. The number of piperidine rings is 1. The number of allylic oxidation sites excluding steroid dienone is 1. The molecule has 1 fully saturated rings. The molecule has 4 rings (SSSR count). The van der Waals surface area contributed by atoms with Crippen molar-refractivity contribution in [2.75, 3.05) is 31.1 Å². The molecular formula is C20H24N4O2. The number of carboxylic acid groups (broad SMARTS) is 1. The Morgan fingerprint density at radius 1 is 1.27 bits per heavy atom. The first-order valence-electron chi connectivity index (χ1n) is 9.28. The Morgan fingerprint density at radius 3 is 2.65 bits per heavy atom. The predicted octanol–water partition coefficient (Wildman–Crippen LogP) is 2.93. The van der Waals surface area contributed by atoms with E-state index >= 15 is 0 Å². The number of nitrogens with zero attached hydrogens (tertiary/aromatic N) is 3. The van der Waals surface area contributed by atoms with Crippen molar-refractivity contribution < 1.29 is 9.90 Å². The number of aromatic nitrogens is 2. The highest BCUT2D eigenvalue weighted by atomic mass is 16.4. The van der Waals surface area contributed by atoms with Gasteiger partial charge < -0.3 is 15.3 Å². The fourth-order valence-electron chi connectivity index (χ4n) is 3.99. The normalized spacial score (nSPS) is 17.7. The number of aromatic carboxylic acids is 1. The van der Waals surface area contributed by atoms with Crippen molar-refractivity contribution in [3.8, 4) is 11.3 Å². The fraction of sp³-hybridized carbons (Fsp3) is 0.400. The minimum atomic E-state index is -0.921. The zero-order valence-electron chi connectivity index (χ0n) is 15.0. The van der Waals surface area contributed by atoms with E-state index in [1.165, 1.54) is 0 Å². The van der Waals surface area contributed by atoms with Gasteiger partial charge in [-0.25, -0.2) is 9.48 Å². The molecule has 3 heterocycles. The summed E-state index contributed by atoms with van der Waals surface area (Å²) >= 11 is 0. The SMILES string of the molecule is CCN1CC=C(C2CCNCC2)n2nc(-c3ccccc3)c(C(=O)O)c21. The Bertz CT molecular complexity index is 835. The van der Waals surface area contributed by atoms with E-state index in [1.54, 1.807) is 0 Å². The Hall–Kier alpha value is -2.60. The molecule has 1 saturated heterocycles. The molecule has 0 spiro atoms. The molecule has 0 aliphatic carbocycles. The lowest BCUT2D eigenvalue weighted by Crippen LogP contribution is -2.35. The van der Waals surface area contributed by atoms with Crippen LogP contribution >= 0.6 is 0 Å². The van der Waals surface area contributed by atoms with Gasteiger partial charge in [0.15, 0.2) is 0 Å². The molecule has 1 aromatic heterocycles. The van der Waals surface area contributed by atoms with Gasteiger partial charge in [-0.2, -0.15) is 5.10 Å². The minimum absolute atomic E-state index is 0.303. The highest BCUT2D eigenvalue weighted by Gasteiger charge is 2.33. The second-order valence-electron chi connectivity index (χ2n) is 6.82. The maximum Gasteiger partial charge on any atom is 0.341 e. The smallest absolute Gasteiger partial charge is 0.341 e. The molecular weight excluding hydrogens is 328 g/mol. The van der Waals surface area contributed by atoms with Crippen LogP contribution in [0.3, 0.4) is 0 Å². The molecule has 6 nitrogen and oxygen atoms in total. The molecule has 2 aliphatic heterocycles. The van der Waals surface area contributed by atoms with Crippen molar-refractivity contribution in [1.82, 2.24) is 15.1 Å². The van der Waals surface area contributed by atoms with Crippen LogP contribution in [0.5, 0.6) is 0 Å². The molecule has 0 radical (unpaired) electrons. The van der Waals surface area contributed by atoms with Crippen molar-refractivity contribution >= 4 is 17.5 Å². The summed E-state index contributed by atoms with van der Waals surface area (Å²) in [6, 6.07) is 9.61. The third-order valence-corrected chi connectivity index (χ3v) is 5.33. The summed E-state index contributed by atoms with van der Waals surface area (Å²) in [6.07, 6.45) is 4.33. The molecule has 136 valence electrons. The van der Waals surface area contributed by atoms with Crippen molar-refractivity contribution in [2.45, 2.75) is 19.8 Å². The zero-order valence-corrected chi connectivity index (χ0v) is 15.0. The Kier molecular flexibility index (Phi) is 4.51. The first-order valence-corrected chi connectivity index (χ1v) is 9.28. The number of fused-ring (bicyclic) bond motifs is 1. The van der Waals surface area contributed by atoms with Crippen molar-refractivity contribution in [2.24, 2.45) is 5.92 Å². The third kappa shape index (κ3) is 2.80. The van der Waals surface area contributed by atoms with Crippen LogP contribution in [0.25, 0.3) is 17.0 Å². The molecule has 26 heavy (non-hydrogen) atoms. The van der Waals surface area contributed by atoms with Gasteiger partial charge in [0.05, 0.1) is 0 Å². The molecule has 0 amide bonds. The van der Waals surface area contributed by atoms with Gasteiger partial charge in [0, 0.05) is 30.3 Å². The summed E-state index contributed by atoms with van der Waals surface area (Å²) < 4.78 is 1.90. The summed E-state index contributed by atoms with van der Waals surface area (Å²) in [5, 5.41) is 18.2. The molecule has 2 N–H and O–H groups in total. The summed E-state index contributed by atoms with van der Waals surface area (Å²) in [5.41, 5.74) is 2.84. The van der Waals surface area contributed by atoms with Gasteiger partial charge >= 0.3 is 5.97 Å². The van der Waals surface area contributed by atoms with Crippen LogP contribution in [0.15, 0.2) is 36.4 Å². The molecule has 0 saturated carbocycles. The second-order valence-corrected chi connectivity index (χ2v) is 6.82. The highest BCUT2D eigenvalue weighted by molar-refractivity contribution is 6.01. The molecule has 0 bridgehead atoms. The second kappa shape index (κ2) is 6.96. The standard InChI is InChI=1S/C20H24N4O2/c1-2-23-13-10-16(14-8-11-21-12-9-14)24-19(23)17(20(25)26)18(22-24)15-6-4-3-5-7-15/h3-7,10,14,21H,2,8-9,11-13H2,1H3,(H,25,26). The largest absolute Gasteiger partial charge is 0.477 e. The first kappa shape index (κ1) is 16.8. The fourth-order valence-corrected chi connectivity index (χ4v) is 3.99. The zero-order chi connectivity index (χ0) is 18.1. The van der Waals surface area contributed by atoms with Crippen molar-refractivity contribution in [3.63, 3.8) is 0 Å². The van der Waals surface area contributed by atoms with Gasteiger partial charge in [0.2, 0.25) is 0 Å². The lowest BCUT2D eigenvalue weighted by Gasteiger charge is -2.33. The lowest BCUT2D eigenvalue weighted by atomic mass is 9.93. The number of rotatable bonds is 4. The summed E-state index contributed by atoms with van der Waals surface area (Å²) in [4.78, 5) is 14.3. The van der Waals surface area contributed by atoms with E-state index in [0.717, 1.165) is 56.1 Å². The van der Waals surface area contributed by atoms with E-state index in [2.05, 4.69) is 23.2 Å². The van der Waals surface area contributed by atoms with Gasteiger partial charge in [-0.3, -0.25) is 0 Å². The number of carboxylic acids is 1. The van der Waals surface area contributed by atoms with Gasteiger partial charge in [0.25, 0.3) is 0 Å². The minimum Gasteiger partial charge on any atom is -0.477 e. The van der Waals surface area contributed by atoms with E-state index in [1.807, 2.05) is 35.0 Å². The van der Waals surface area contributed by atoms with Crippen LogP contribution in [0.2, 0.25) is 0 Å². The topological polar surface area (TPSA) is 70.4 Å². The van der Waals surface area contributed by atoms with Crippen molar-refractivity contribution in [1.29, 1.82) is 0 Å². The predicted molar refractivity (Wildman–Crippen MR) is 102 cm³/mol. The van der Waals surface area contributed by atoms with Crippen LogP contribution in [0, 0.1) is 5.92 Å². The number of nitrogens with one attached hydrogen (secondary N) is 1. The van der Waals surface area contributed by atoms with Gasteiger partial charge in [0.1, 0.15) is 17.1 Å². The molecule has 0 unspecified atom stereocenters. The van der Waals surface area contributed by atoms with Crippen LogP contribution in [0.1, 0.15) is 30.1 Å². The Balaban J connectivity index is 1.88. The number of hydrogen-bond acceptors (Lipinski definition) is 4. The molecule has 1 aromatic carbocycles. The monoisotopic (exact) mass is 352 g/mol. The maximum atomic E-state index is 12.2. The van der Waals surface area contributed by atoms with E-state index in [0.29, 0.717) is 17.2 Å². The first-order chi connectivity index (χ1) is 12.7. The molecule has 0 atom stereocenters. The third-order valence-electron chi connectivity index (χ3n) is 5.33. The van der Waals surface area contributed by atoms with E-state index < -0.39 is 5.97 Å². The van der Waals surface area contributed by atoms with E-state index in [4.69, 9.17) is 5.10 Å². The summed E-state index contributed by atoms with van der Waals surface area (Å²) in [7, 11) is 0. The van der Waals surface area contributed by atoms with E-state index in [-0.39, 0.29) is 0 Å². The van der Waals surface area contributed by atoms with Crippen LogP contribution in [-0.4, -0.2) is 47.0 Å². The quantitative estimate of drug-likeness (QED) is 0.885. The van der Waals surface area contributed by atoms with Gasteiger partial charge in [-0.05, 0) is 38.9 Å². The highest BCUT2D eigenvalue weighted by Crippen LogP contribution is 2.38. The average molecular weight is 352 g/mol.